The number of carbonyl (C=O) groups excluding carboxylic acids is 1. The van der Waals surface area contributed by atoms with Crippen LogP contribution in [0.15, 0.2) is 53.9 Å². The Kier molecular flexibility index (Phi) is 7.63. The molecule has 3 aromatic rings. The van der Waals surface area contributed by atoms with E-state index in [9.17, 15) is 4.79 Å². The summed E-state index contributed by atoms with van der Waals surface area (Å²) >= 11 is 1.58. The van der Waals surface area contributed by atoms with Crippen molar-refractivity contribution < 1.29 is 9.53 Å². The number of rotatable bonds is 9. The Bertz CT molecular complexity index is 946. The van der Waals surface area contributed by atoms with Gasteiger partial charge < -0.3 is 9.64 Å². The highest BCUT2D eigenvalue weighted by Gasteiger charge is 2.17. The fourth-order valence-electron chi connectivity index (χ4n) is 3.42. The van der Waals surface area contributed by atoms with Gasteiger partial charge in [0, 0.05) is 11.9 Å². The molecule has 0 fully saturated rings. The second-order valence-corrected chi connectivity index (χ2v) is 9.12. The van der Waals surface area contributed by atoms with Crippen LogP contribution in [0.4, 0.5) is 0 Å². The summed E-state index contributed by atoms with van der Waals surface area (Å²) in [6.45, 7) is 10.1. The van der Waals surface area contributed by atoms with Gasteiger partial charge in [0.2, 0.25) is 5.91 Å². The minimum absolute atomic E-state index is 0.135. The van der Waals surface area contributed by atoms with Crippen molar-refractivity contribution in [3.8, 4) is 5.75 Å². The van der Waals surface area contributed by atoms with Gasteiger partial charge in [-0.3, -0.25) is 4.79 Å². The second kappa shape index (κ2) is 10.4. The first-order chi connectivity index (χ1) is 14.4. The van der Waals surface area contributed by atoms with Crippen LogP contribution in [0.3, 0.4) is 0 Å². The second-order valence-electron chi connectivity index (χ2n) is 8.18. The van der Waals surface area contributed by atoms with E-state index in [1.54, 1.807) is 11.3 Å². The van der Waals surface area contributed by atoms with Gasteiger partial charge in [-0.05, 0) is 48.6 Å². The van der Waals surface area contributed by atoms with Crippen LogP contribution in [0, 0.1) is 19.8 Å². The molecule has 0 spiro atoms. The molecule has 30 heavy (non-hydrogen) atoms. The molecule has 0 N–H and O–H groups in total. The third-order valence-electron chi connectivity index (χ3n) is 4.65. The van der Waals surface area contributed by atoms with Crippen molar-refractivity contribution in [2.45, 2.75) is 47.3 Å². The molecule has 4 nitrogen and oxygen atoms in total. The van der Waals surface area contributed by atoms with E-state index in [-0.39, 0.29) is 5.91 Å². The summed E-state index contributed by atoms with van der Waals surface area (Å²) in [6, 6.07) is 16.1. The van der Waals surface area contributed by atoms with Crippen molar-refractivity contribution >= 4 is 17.2 Å². The number of carbonyl (C=O) groups is 1. The van der Waals surface area contributed by atoms with E-state index >= 15 is 0 Å². The molecule has 0 aliphatic heterocycles. The maximum absolute atomic E-state index is 12.9. The van der Waals surface area contributed by atoms with Gasteiger partial charge in [0.05, 0.1) is 18.7 Å². The number of nitrogens with zero attached hydrogens (tertiary/aromatic N) is 2. The predicted molar refractivity (Wildman–Crippen MR) is 123 cm³/mol. The summed E-state index contributed by atoms with van der Waals surface area (Å²) in [4.78, 5) is 19.5. The Morgan fingerprint density at radius 3 is 2.47 bits per heavy atom. The third-order valence-corrected chi connectivity index (χ3v) is 5.52. The normalized spacial score (nSPS) is 11.0. The van der Waals surface area contributed by atoms with Crippen molar-refractivity contribution in [3.63, 3.8) is 0 Å². The Labute approximate surface area is 183 Å². The molecule has 158 valence electrons. The van der Waals surface area contributed by atoms with Gasteiger partial charge in [-0.1, -0.05) is 50.2 Å². The molecule has 0 aliphatic rings. The van der Waals surface area contributed by atoms with Crippen LogP contribution in [0.2, 0.25) is 0 Å². The molecule has 0 unspecified atom stereocenters. The number of aromatic nitrogens is 1. The average molecular weight is 423 g/mol. The zero-order valence-corrected chi connectivity index (χ0v) is 19.0. The summed E-state index contributed by atoms with van der Waals surface area (Å²) in [5.74, 6) is 1.40. The largest absolute Gasteiger partial charge is 0.486 e. The molecule has 5 heteroatoms. The number of aryl methyl sites for hydroxylation is 2. The first-order valence-corrected chi connectivity index (χ1v) is 11.2. The molecule has 0 bridgehead atoms. The molecular weight excluding hydrogens is 392 g/mol. The molecule has 0 saturated carbocycles. The van der Waals surface area contributed by atoms with Crippen molar-refractivity contribution in [2.24, 2.45) is 5.92 Å². The van der Waals surface area contributed by atoms with Crippen molar-refractivity contribution in [2.75, 3.05) is 6.54 Å². The summed E-state index contributed by atoms with van der Waals surface area (Å²) in [5.41, 5.74) is 4.33. The first-order valence-electron chi connectivity index (χ1n) is 10.3. The third kappa shape index (κ3) is 6.70. The SMILES string of the molecule is Cc1cc(C)cc(OCc2nc(CN(CC(C)C)C(=O)Cc3ccccc3)cs2)c1. The number of amides is 1. The monoisotopic (exact) mass is 422 g/mol. The minimum Gasteiger partial charge on any atom is -0.486 e. The molecule has 1 heterocycles. The maximum Gasteiger partial charge on any atom is 0.227 e. The highest BCUT2D eigenvalue weighted by Crippen LogP contribution is 2.20. The van der Waals surface area contributed by atoms with Crippen LogP contribution in [-0.4, -0.2) is 22.3 Å². The molecule has 3 rings (SSSR count). The van der Waals surface area contributed by atoms with Gasteiger partial charge in [0.15, 0.2) is 0 Å². The zero-order valence-electron chi connectivity index (χ0n) is 18.2. The Morgan fingerprint density at radius 1 is 1.10 bits per heavy atom. The van der Waals surface area contributed by atoms with Gasteiger partial charge in [0.25, 0.3) is 0 Å². The van der Waals surface area contributed by atoms with E-state index in [1.807, 2.05) is 52.7 Å². The lowest BCUT2D eigenvalue weighted by atomic mass is 10.1. The standard InChI is InChI=1S/C25H30N2O2S/c1-18(2)14-27(25(28)13-21-8-6-5-7-9-21)15-22-17-30-24(26-22)16-29-23-11-19(3)10-20(4)12-23/h5-12,17-18H,13-16H2,1-4H3. The van der Waals surface area contributed by atoms with E-state index < -0.39 is 0 Å². The fourth-order valence-corrected chi connectivity index (χ4v) is 4.12. The molecule has 0 radical (unpaired) electrons. The van der Waals surface area contributed by atoms with Gasteiger partial charge in [-0.2, -0.15) is 0 Å². The number of thiazole rings is 1. The van der Waals surface area contributed by atoms with Crippen LogP contribution in [0.25, 0.3) is 0 Å². The maximum atomic E-state index is 12.9. The van der Waals surface area contributed by atoms with Gasteiger partial charge in [0.1, 0.15) is 17.4 Å². The van der Waals surface area contributed by atoms with Crippen LogP contribution in [0.5, 0.6) is 5.75 Å². The van der Waals surface area contributed by atoms with Crippen LogP contribution >= 0.6 is 11.3 Å². The summed E-state index contributed by atoms with van der Waals surface area (Å²) in [5, 5.41) is 2.95. The van der Waals surface area contributed by atoms with Gasteiger partial charge in [-0.15, -0.1) is 11.3 Å². The molecule has 1 amide bonds. The zero-order chi connectivity index (χ0) is 21.5. The molecule has 1 aromatic heterocycles. The topological polar surface area (TPSA) is 42.4 Å². The van der Waals surface area contributed by atoms with E-state index in [0.29, 0.717) is 25.5 Å². The van der Waals surface area contributed by atoms with Crippen molar-refractivity contribution in [3.05, 3.63) is 81.3 Å². The first kappa shape index (κ1) is 22.0. The van der Waals surface area contributed by atoms with Gasteiger partial charge in [-0.25, -0.2) is 4.98 Å². The summed E-state index contributed by atoms with van der Waals surface area (Å²) in [7, 11) is 0. The van der Waals surface area contributed by atoms with Crippen LogP contribution in [-0.2, 0) is 24.4 Å². The quantitative estimate of drug-likeness (QED) is 0.453. The number of benzene rings is 2. The Hall–Kier alpha value is -2.66. The minimum atomic E-state index is 0.135. The Morgan fingerprint density at radius 2 is 1.80 bits per heavy atom. The highest BCUT2D eigenvalue weighted by atomic mass is 32.1. The highest BCUT2D eigenvalue weighted by molar-refractivity contribution is 7.09. The van der Waals surface area contributed by atoms with Crippen molar-refractivity contribution in [1.82, 2.24) is 9.88 Å². The molecule has 2 aromatic carbocycles. The molecular formula is C25H30N2O2S. The van der Waals surface area contributed by atoms with E-state index in [4.69, 9.17) is 9.72 Å². The smallest absolute Gasteiger partial charge is 0.227 e. The van der Waals surface area contributed by atoms with E-state index in [1.165, 1.54) is 11.1 Å². The number of hydrogen-bond acceptors (Lipinski definition) is 4. The summed E-state index contributed by atoms with van der Waals surface area (Å²) < 4.78 is 5.93. The Balaban J connectivity index is 1.62. The molecule has 0 saturated heterocycles. The van der Waals surface area contributed by atoms with Gasteiger partial charge >= 0.3 is 0 Å². The number of hydrogen-bond donors (Lipinski definition) is 0. The number of ether oxygens (including phenoxy) is 1. The molecule has 0 atom stereocenters. The lowest BCUT2D eigenvalue weighted by Gasteiger charge is -2.24. The van der Waals surface area contributed by atoms with Crippen LogP contribution < -0.4 is 4.74 Å². The van der Waals surface area contributed by atoms with Crippen molar-refractivity contribution in [1.29, 1.82) is 0 Å². The summed E-state index contributed by atoms with van der Waals surface area (Å²) in [6.07, 6.45) is 0.417. The lowest BCUT2D eigenvalue weighted by molar-refractivity contribution is -0.131. The fraction of sp³-hybridized carbons (Fsp3) is 0.360. The molecule has 0 aliphatic carbocycles. The van der Waals surface area contributed by atoms with E-state index in [2.05, 4.69) is 33.8 Å². The lowest BCUT2D eigenvalue weighted by Crippen LogP contribution is -2.35. The predicted octanol–water partition coefficient (Wildman–Crippen LogP) is 5.57. The van der Waals surface area contributed by atoms with Crippen LogP contribution in [0.1, 0.15) is 41.2 Å². The van der Waals surface area contributed by atoms with E-state index in [0.717, 1.165) is 28.6 Å². The average Bonchev–Trinajstić information content (AvgIpc) is 3.13.